The fourth-order valence-corrected chi connectivity index (χ4v) is 2.07. The molecule has 1 heterocycles. The summed E-state index contributed by atoms with van der Waals surface area (Å²) in [6.07, 6.45) is 1.82. The molecule has 0 saturated carbocycles. The highest BCUT2D eigenvalue weighted by atomic mass is 16.2. The molecule has 1 N–H and O–H groups in total. The third-order valence-electron chi connectivity index (χ3n) is 3.02. The zero-order valence-electron chi connectivity index (χ0n) is 9.65. The van der Waals surface area contributed by atoms with Crippen LogP contribution in [0.2, 0.25) is 0 Å². The lowest BCUT2D eigenvalue weighted by atomic mass is 10.1. The van der Waals surface area contributed by atoms with Crippen LogP contribution in [0.4, 0.5) is 0 Å². The van der Waals surface area contributed by atoms with Gasteiger partial charge in [0.25, 0.3) is 0 Å². The van der Waals surface area contributed by atoms with Crippen molar-refractivity contribution in [1.82, 2.24) is 10.2 Å². The highest BCUT2D eigenvalue weighted by molar-refractivity contribution is 5.82. The van der Waals surface area contributed by atoms with Gasteiger partial charge in [-0.1, -0.05) is 30.3 Å². The van der Waals surface area contributed by atoms with E-state index in [0.717, 1.165) is 25.9 Å². The Labute approximate surface area is 96.5 Å². The van der Waals surface area contributed by atoms with E-state index in [0.29, 0.717) is 0 Å². The van der Waals surface area contributed by atoms with Crippen molar-refractivity contribution in [2.45, 2.75) is 18.9 Å². The summed E-state index contributed by atoms with van der Waals surface area (Å²) in [7, 11) is 1.88. The number of carbonyl (C=O) groups excluding carboxylic acids is 1. The molecule has 0 aliphatic carbocycles. The van der Waals surface area contributed by atoms with Gasteiger partial charge in [0.1, 0.15) is 0 Å². The van der Waals surface area contributed by atoms with Gasteiger partial charge in [-0.2, -0.15) is 0 Å². The summed E-state index contributed by atoms with van der Waals surface area (Å²) in [6.45, 7) is 1.78. The number of likely N-dealkylation sites (N-methyl/N-ethyl adjacent to an activating group) is 1. The first-order valence-corrected chi connectivity index (χ1v) is 5.79. The van der Waals surface area contributed by atoms with Gasteiger partial charge in [0.15, 0.2) is 0 Å². The molecule has 3 heteroatoms. The molecule has 1 aliphatic rings. The minimum atomic E-state index is -0.0603. The molecule has 1 amide bonds. The van der Waals surface area contributed by atoms with E-state index in [-0.39, 0.29) is 11.9 Å². The van der Waals surface area contributed by atoms with Crippen molar-refractivity contribution in [3.05, 3.63) is 35.9 Å². The van der Waals surface area contributed by atoms with Gasteiger partial charge in [0.2, 0.25) is 5.91 Å². The van der Waals surface area contributed by atoms with Crippen molar-refractivity contribution in [3.8, 4) is 0 Å². The Morgan fingerprint density at radius 1 is 1.38 bits per heavy atom. The van der Waals surface area contributed by atoms with Gasteiger partial charge in [-0.15, -0.1) is 0 Å². The van der Waals surface area contributed by atoms with Gasteiger partial charge in [0.05, 0.1) is 6.04 Å². The van der Waals surface area contributed by atoms with Crippen LogP contribution < -0.4 is 5.32 Å². The summed E-state index contributed by atoms with van der Waals surface area (Å²) in [6, 6.07) is 10.1. The fraction of sp³-hybridized carbons (Fsp3) is 0.462. The van der Waals surface area contributed by atoms with Crippen LogP contribution in [0.25, 0.3) is 0 Å². The zero-order chi connectivity index (χ0) is 11.4. The standard InChI is InChI=1S/C13H18N2O/c1-15-9-5-8-14-12(13(15)16)10-11-6-3-2-4-7-11/h2-4,6-7,12,14H,5,8-10H2,1H3. The van der Waals surface area contributed by atoms with E-state index in [1.54, 1.807) is 0 Å². The number of benzene rings is 1. The van der Waals surface area contributed by atoms with Crippen LogP contribution in [0.3, 0.4) is 0 Å². The van der Waals surface area contributed by atoms with Crippen molar-refractivity contribution < 1.29 is 4.79 Å². The summed E-state index contributed by atoms with van der Waals surface area (Å²) >= 11 is 0. The van der Waals surface area contributed by atoms with Gasteiger partial charge in [-0.25, -0.2) is 0 Å². The first-order chi connectivity index (χ1) is 7.77. The molecular formula is C13H18N2O. The Bertz CT molecular complexity index is 350. The minimum Gasteiger partial charge on any atom is -0.344 e. The molecule has 0 bridgehead atoms. The first kappa shape index (κ1) is 11.1. The van der Waals surface area contributed by atoms with Crippen LogP contribution in [0.15, 0.2) is 30.3 Å². The topological polar surface area (TPSA) is 32.3 Å². The van der Waals surface area contributed by atoms with E-state index in [4.69, 9.17) is 0 Å². The maximum absolute atomic E-state index is 12.0. The minimum absolute atomic E-state index is 0.0603. The van der Waals surface area contributed by atoms with Crippen LogP contribution >= 0.6 is 0 Å². The first-order valence-electron chi connectivity index (χ1n) is 5.79. The van der Waals surface area contributed by atoms with E-state index in [1.807, 2.05) is 30.1 Å². The lowest BCUT2D eigenvalue weighted by Crippen LogP contribution is -2.43. The Morgan fingerprint density at radius 2 is 2.12 bits per heavy atom. The zero-order valence-corrected chi connectivity index (χ0v) is 9.65. The number of nitrogens with zero attached hydrogens (tertiary/aromatic N) is 1. The predicted octanol–water partition coefficient (Wildman–Crippen LogP) is 1.05. The van der Waals surface area contributed by atoms with E-state index in [2.05, 4.69) is 17.4 Å². The Hall–Kier alpha value is -1.35. The Kier molecular flexibility index (Phi) is 3.57. The highest BCUT2D eigenvalue weighted by Crippen LogP contribution is 2.07. The quantitative estimate of drug-likeness (QED) is 0.804. The summed E-state index contributed by atoms with van der Waals surface area (Å²) in [5.41, 5.74) is 1.21. The van der Waals surface area contributed by atoms with Crippen LogP contribution in [0.1, 0.15) is 12.0 Å². The molecular weight excluding hydrogens is 200 g/mol. The van der Waals surface area contributed by atoms with Crippen LogP contribution in [-0.4, -0.2) is 37.0 Å². The van der Waals surface area contributed by atoms with E-state index >= 15 is 0 Å². The molecule has 1 saturated heterocycles. The van der Waals surface area contributed by atoms with Crippen molar-refractivity contribution in [2.24, 2.45) is 0 Å². The molecule has 0 aromatic heterocycles. The van der Waals surface area contributed by atoms with E-state index in [9.17, 15) is 4.79 Å². The van der Waals surface area contributed by atoms with E-state index in [1.165, 1.54) is 5.56 Å². The van der Waals surface area contributed by atoms with Crippen LogP contribution in [-0.2, 0) is 11.2 Å². The summed E-state index contributed by atoms with van der Waals surface area (Å²) < 4.78 is 0. The van der Waals surface area contributed by atoms with Gasteiger partial charge in [-0.3, -0.25) is 4.79 Å². The SMILES string of the molecule is CN1CCCNC(Cc2ccccc2)C1=O. The average Bonchev–Trinajstić information content (AvgIpc) is 2.46. The third-order valence-corrected chi connectivity index (χ3v) is 3.02. The number of rotatable bonds is 2. The highest BCUT2D eigenvalue weighted by Gasteiger charge is 2.23. The van der Waals surface area contributed by atoms with Crippen molar-refractivity contribution in [1.29, 1.82) is 0 Å². The predicted molar refractivity (Wildman–Crippen MR) is 64.2 cm³/mol. The number of amides is 1. The molecule has 16 heavy (non-hydrogen) atoms. The summed E-state index contributed by atoms with van der Waals surface area (Å²) in [5, 5.41) is 3.32. The molecule has 86 valence electrons. The number of hydrogen-bond donors (Lipinski definition) is 1. The molecule has 1 atom stereocenters. The number of carbonyl (C=O) groups is 1. The largest absolute Gasteiger partial charge is 0.344 e. The van der Waals surface area contributed by atoms with Gasteiger partial charge in [-0.05, 0) is 24.9 Å². The van der Waals surface area contributed by atoms with Crippen molar-refractivity contribution >= 4 is 5.91 Å². The number of nitrogens with one attached hydrogen (secondary N) is 1. The molecule has 1 unspecified atom stereocenters. The lowest BCUT2D eigenvalue weighted by molar-refractivity contribution is -0.131. The van der Waals surface area contributed by atoms with Crippen LogP contribution in [0, 0.1) is 0 Å². The summed E-state index contributed by atoms with van der Waals surface area (Å²) in [5.74, 6) is 0.210. The molecule has 0 spiro atoms. The van der Waals surface area contributed by atoms with E-state index < -0.39 is 0 Å². The Morgan fingerprint density at radius 3 is 2.88 bits per heavy atom. The Balaban J connectivity index is 2.05. The van der Waals surface area contributed by atoms with Gasteiger partial charge in [0, 0.05) is 13.6 Å². The lowest BCUT2D eigenvalue weighted by Gasteiger charge is -2.20. The molecule has 2 rings (SSSR count). The smallest absolute Gasteiger partial charge is 0.239 e. The van der Waals surface area contributed by atoms with Crippen molar-refractivity contribution in [2.75, 3.05) is 20.1 Å². The summed E-state index contributed by atoms with van der Waals surface area (Å²) in [4.78, 5) is 13.8. The third kappa shape index (κ3) is 2.61. The number of hydrogen-bond acceptors (Lipinski definition) is 2. The van der Waals surface area contributed by atoms with Crippen molar-refractivity contribution in [3.63, 3.8) is 0 Å². The molecule has 3 nitrogen and oxygen atoms in total. The monoisotopic (exact) mass is 218 g/mol. The molecule has 1 aromatic carbocycles. The second-order valence-corrected chi connectivity index (χ2v) is 4.31. The second kappa shape index (κ2) is 5.12. The van der Waals surface area contributed by atoms with Crippen LogP contribution in [0.5, 0.6) is 0 Å². The molecule has 1 aliphatic heterocycles. The molecule has 1 aromatic rings. The molecule has 0 radical (unpaired) electrons. The maximum atomic E-state index is 12.0. The molecule has 1 fully saturated rings. The maximum Gasteiger partial charge on any atom is 0.239 e. The van der Waals surface area contributed by atoms with Gasteiger partial charge >= 0.3 is 0 Å². The average molecular weight is 218 g/mol. The normalized spacial score (nSPS) is 21.9. The second-order valence-electron chi connectivity index (χ2n) is 4.31. The van der Waals surface area contributed by atoms with Gasteiger partial charge < -0.3 is 10.2 Å². The fourth-order valence-electron chi connectivity index (χ4n) is 2.07.